The monoisotopic (exact) mass is 480 g/mol. The van der Waals surface area contributed by atoms with E-state index in [1.807, 2.05) is 30.3 Å². The van der Waals surface area contributed by atoms with E-state index in [-0.39, 0.29) is 11.3 Å². The van der Waals surface area contributed by atoms with Gasteiger partial charge in [0.25, 0.3) is 5.91 Å². The Bertz CT molecular complexity index is 1220. The first-order chi connectivity index (χ1) is 17.4. The molecule has 0 unspecified atom stereocenters. The molecular formula is C32H36N2O2. The van der Waals surface area contributed by atoms with Crippen LogP contribution in [0.3, 0.4) is 0 Å². The van der Waals surface area contributed by atoms with E-state index >= 15 is 0 Å². The standard InChI is InChI=1S/C32H36N2O2/c1-32(2,3)28-16-14-27(15-17-28)23-34(22-26-12-8-5-9-13-26)24-29-18-19-30(36-29)31(35)33-21-20-25-10-6-4-7-11-25/h4-19H,20-24H2,1-3H3,(H,33,35). The average Bonchev–Trinajstić information content (AvgIpc) is 3.34. The minimum Gasteiger partial charge on any atom is -0.455 e. The number of benzene rings is 3. The Labute approximate surface area is 215 Å². The minimum absolute atomic E-state index is 0.133. The van der Waals surface area contributed by atoms with Gasteiger partial charge in [0.1, 0.15) is 5.76 Å². The zero-order valence-corrected chi connectivity index (χ0v) is 21.5. The summed E-state index contributed by atoms with van der Waals surface area (Å²) in [5.41, 5.74) is 5.16. The zero-order chi connectivity index (χ0) is 25.4. The highest BCUT2D eigenvalue weighted by atomic mass is 16.4. The summed E-state index contributed by atoms with van der Waals surface area (Å²) in [5, 5.41) is 2.96. The van der Waals surface area contributed by atoms with Gasteiger partial charge >= 0.3 is 0 Å². The fourth-order valence-corrected chi connectivity index (χ4v) is 4.24. The van der Waals surface area contributed by atoms with Gasteiger partial charge in [-0.15, -0.1) is 0 Å². The van der Waals surface area contributed by atoms with E-state index in [9.17, 15) is 4.79 Å². The van der Waals surface area contributed by atoms with Crippen LogP contribution in [0.1, 0.15) is 59.3 Å². The molecular weight excluding hydrogens is 444 g/mol. The molecule has 0 atom stereocenters. The van der Waals surface area contributed by atoms with Gasteiger partial charge in [-0.2, -0.15) is 0 Å². The first-order valence-electron chi connectivity index (χ1n) is 12.6. The van der Waals surface area contributed by atoms with Gasteiger partial charge in [0.15, 0.2) is 5.76 Å². The van der Waals surface area contributed by atoms with Crippen molar-refractivity contribution in [2.75, 3.05) is 6.54 Å². The van der Waals surface area contributed by atoms with Crippen LogP contribution < -0.4 is 5.32 Å². The van der Waals surface area contributed by atoms with E-state index in [4.69, 9.17) is 4.42 Å². The Morgan fingerprint density at radius 2 is 1.31 bits per heavy atom. The Kier molecular flexibility index (Phi) is 8.40. The molecule has 1 amide bonds. The van der Waals surface area contributed by atoms with E-state index < -0.39 is 0 Å². The number of carbonyl (C=O) groups excluding carboxylic acids is 1. The van der Waals surface area contributed by atoms with Crippen molar-refractivity contribution in [1.82, 2.24) is 10.2 Å². The predicted molar refractivity (Wildman–Crippen MR) is 146 cm³/mol. The van der Waals surface area contributed by atoms with Gasteiger partial charge in [-0.1, -0.05) is 106 Å². The first kappa shape index (κ1) is 25.5. The number of hydrogen-bond donors (Lipinski definition) is 1. The van der Waals surface area contributed by atoms with Crippen molar-refractivity contribution in [1.29, 1.82) is 0 Å². The second kappa shape index (κ2) is 11.9. The minimum atomic E-state index is -0.176. The number of nitrogens with one attached hydrogen (secondary N) is 1. The quantitative estimate of drug-likeness (QED) is 0.273. The Morgan fingerprint density at radius 1 is 0.722 bits per heavy atom. The third-order valence-corrected chi connectivity index (χ3v) is 6.28. The topological polar surface area (TPSA) is 45.5 Å². The van der Waals surface area contributed by atoms with Crippen molar-refractivity contribution < 1.29 is 9.21 Å². The van der Waals surface area contributed by atoms with E-state index in [1.165, 1.54) is 22.3 Å². The van der Waals surface area contributed by atoms with Gasteiger partial charge in [0.05, 0.1) is 6.54 Å². The third kappa shape index (κ3) is 7.43. The maximum atomic E-state index is 12.6. The predicted octanol–water partition coefficient (Wildman–Crippen LogP) is 6.75. The smallest absolute Gasteiger partial charge is 0.287 e. The molecule has 0 saturated heterocycles. The van der Waals surface area contributed by atoms with Crippen molar-refractivity contribution >= 4 is 5.91 Å². The normalized spacial score (nSPS) is 11.6. The van der Waals surface area contributed by atoms with Gasteiger partial charge in [-0.3, -0.25) is 9.69 Å². The second-order valence-electron chi connectivity index (χ2n) is 10.3. The van der Waals surface area contributed by atoms with E-state index in [0.29, 0.717) is 18.8 Å². The molecule has 3 aromatic carbocycles. The second-order valence-corrected chi connectivity index (χ2v) is 10.3. The lowest BCUT2D eigenvalue weighted by atomic mass is 9.87. The molecule has 36 heavy (non-hydrogen) atoms. The summed E-state index contributed by atoms with van der Waals surface area (Å²) in [7, 11) is 0. The molecule has 0 aliphatic carbocycles. The summed E-state index contributed by atoms with van der Waals surface area (Å²) in [6.45, 7) is 9.47. The van der Waals surface area contributed by atoms with Crippen LogP contribution in [0.4, 0.5) is 0 Å². The summed E-state index contributed by atoms with van der Waals surface area (Å²) < 4.78 is 5.96. The summed E-state index contributed by atoms with van der Waals surface area (Å²) >= 11 is 0. The van der Waals surface area contributed by atoms with Crippen molar-refractivity contribution in [2.45, 2.75) is 52.2 Å². The highest BCUT2D eigenvalue weighted by Gasteiger charge is 2.16. The number of furan rings is 1. The summed E-state index contributed by atoms with van der Waals surface area (Å²) in [4.78, 5) is 15.0. The van der Waals surface area contributed by atoms with Crippen LogP contribution >= 0.6 is 0 Å². The fourth-order valence-electron chi connectivity index (χ4n) is 4.24. The van der Waals surface area contributed by atoms with Gasteiger partial charge in [-0.25, -0.2) is 0 Å². The maximum Gasteiger partial charge on any atom is 0.287 e. The fraction of sp³-hybridized carbons (Fsp3) is 0.281. The SMILES string of the molecule is CC(C)(C)c1ccc(CN(Cc2ccccc2)Cc2ccc(C(=O)NCCc3ccccc3)o2)cc1. The van der Waals surface area contributed by atoms with E-state index in [0.717, 1.165) is 25.3 Å². The van der Waals surface area contributed by atoms with Crippen molar-refractivity contribution in [3.05, 3.63) is 131 Å². The molecule has 0 radical (unpaired) electrons. The van der Waals surface area contributed by atoms with Crippen molar-refractivity contribution in [3.63, 3.8) is 0 Å². The van der Waals surface area contributed by atoms with E-state index in [1.54, 1.807) is 6.07 Å². The number of rotatable bonds is 10. The number of carbonyl (C=O) groups is 1. The Morgan fingerprint density at radius 3 is 1.92 bits per heavy atom. The Balaban J connectivity index is 1.40. The first-order valence-corrected chi connectivity index (χ1v) is 12.6. The maximum absolute atomic E-state index is 12.6. The molecule has 1 N–H and O–H groups in total. The molecule has 4 heteroatoms. The highest BCUT2D eigenvalue weighted by molar-refractivity contribution is 5.91. The summed E-state index contributed by atoms with van der Waals surface area (Å²) in [6.07, 6.45) is 0.791. The van der Waals surface area contributed by atoms with Crippen LogP contribution in [-0.2, 0) is 31.5 Å². The van der Waals surface area contributed by atoms with Gasteiger partial charge in [0, 0.05) is 19.6 Å². The molecule has 4 rings (SSSR count). The molecule has 0 spiro atoms. The number of amides is 1. The molecule has 0 saturated carbocycles. The summed E-state index contributed by atoms with van der Waals surface area (Å²) in [6, 6.07) is 33.2. The lowest BCUT2D eigenvalue weighted by Crippen LogP contribution is -2.25. The molecule has 186 valence electrons. The van der Waals surface area contributed by atoms with Crippen molar-refractivity contribution in [2.24, 2.45) is 0 Å². The number of hydrogen-bond acceptors (Lipinski definition) is 3. The molecule has 1 aromatic heterocycles. The van der Waals surface area contributed by atoms with Crippen LogP contribution in [0.5, 0.6) is 0 Å². The third-order valence-electron chi connectivity index (χ3n) is 6.28. The van der Waals surface area contributed by atoms with Gasteiger partial charge in [0.2, 0.25) is 0 Å². The van der Waals surface area contributed by atoms with Gasteiger partial charge in [-0.05, 0) is 46.2 Å². The zero-order valence-electron chi connectivity index (χ0n) is 21.5. The molecule has 0 aliphatic heterocycles. The molecule has 4 aromatic rings. The van der Waals surface area contributed by atoms with Crippen LogP contribution in [0, 0.1) is 0 Å². The average molecular weight is 481 g/mol. The van der Waals surface area contributed by atoms with Crippen LogP contribution in [0.25, 0.3) is 0 Å². The lowest BCUT2D eigenvalue weighted by Gasteiger charge is -2.23. The number of nitrogens with zero attached hydrogens (tertiary/aromatic N) is 1. The van der Waals surface area contributed by atoms with Crippen LogP contribution in [0.15, 0.2) is 101 Å². The molecule has 1 heterocycles. The van der Waals surface area contributed by atoms with Crippen LogP contribution in [-0.4, -0.2) is 17.4 Å². The van der Waals surface area contributed by atoms with Crippen LogP contribution in [0.2, 0.25) is 0 Å². The van der Waals surface area contributed by atoms with E-state index in [2.05, 4.69) is 91.7 Å². The molecule has 0 aliphatic rings. The molecule has 0 bridgehead atoms. The highest BCUT2D eigenvalue weighted by Crippen LogP contribution is 2.23. The molecule has 4 nitrogen and oxygen atoms in total. The lowest BCUT2D eigenvalue weighted by molar-refractivity contribution is 0.0922. The molecule has 0 fully saturated rings. The van der Waals surface area contributed by atoms with Crippen molar-refractivity contribution in [3.8, 4) is 0 Å². The largest absolute Gasteiger partial charge is 0.455 e. The summed E-state index contributed by atoms with van der Waals surface area (Å²) in [5.74, 6) is 0.960. The van der Waals surface area contributed by atoms with Gasteiger partial charge < -0.3 is 9.73 Å². The Hall–Kier alpha value is -3.63.